The van der Waals surface area contributed by atoms with Crippen LogP contribution in [0.5, 0.6) is 11.6 Å². The van der Waals surface area contributed by atoms with Crippen LogP contribution < -0.4 is 15.4 Å². The molecule has 1 aromatic heterocycles. The molecule has 5 heteroatoms. The number of ether oxygens (including phenoxy) is 1. The highest BCUT2D eigenvalue weighted by Gasteiger charge is 2.21. The second-order valence-electron chi connectivity index (χ2n) is 6.22. The lowest BCUT2D eigenvalue weighted by atomic mass is 10.1. The smallest absolute Gasteiger partial charge is 0.237 e. The van der Waals surface area contributed by atoms with E-state index in [0.717, 1.165) is 30.7 Å². The molecule has 24 heavy (non-hydrogen) atoms. The van der Waals surface area contributed by atoms with Crippen LogP contribution >= 0.6 is 0 Å². The summed E-state index contributed by atoms with van der Waals surface area (Å²) >= 11 is 0. The van der Waals surface area contributed by atoms with Gasteiger partial charge in [0.05, 0.1) is 6.04 Å². The average Bonchev–Trinajstić information content (AvgIpc) is 3.11. The molecule has 0 radical (unpaired) electrons. The number of benzene rings is 1. The van der Waals surface area contributed by atoms with Crippen LogP contribution in [0.15, 0.2) is 36.5 Å². The van der Waals surface area contributed by atoms with Gasteiger partial charge in [0.2, 0.25) is 11.8 Å². The van der Waals surface area contributed by atoms with Gasteiger partial charge in [0.1, 0.15) is 5.75 Å². The summed E-state index contributed by atoms with van der Waals surface area (Å²) in [7, 11) is 0. The van der Waals surface area contributed by atoms with Crippen molar-refractivity contribution >= 4 is 5.91 Å². The van der Waals surface area contributed by atoms with E-state index in [9.17, 15) is 4.79 Å². The van der Waals surface area contributed by atoms with Crippen LogP contribution in [0.3, 0.4) is 0 Å². The molecule has 1 unspecified atom stereocenters. The number of amides is 1. The summed E-state index contributed by atoms with van der Waals surface area (Å²) in [5, 5.41) is 6.16. The Morgan fingerprint density at radius 3 is 2.92 bits per heavy atom. The van der Waals surface area contributed by atoms with Crippen molar-refractivity contribution in [1.29, 1.82) is 0 Å². The molecule has 0 bridgehead atoms. The van der Waals surface area contributed by atoms with Crippen molar-refractivity contribution in [3.05, 3.63) is 53.2 Å². The molecular weight excluding hydrogens is 302 g/mol. The highest BCUT2D eigenvalue weighted by Crippen LogP contribution is 2.22. The summed E-state index contributed by atoms with van der Waals surface area (Å²) in [6.07, 6.45) is 3.66. The molecule has 1 atom stereocenters. The van der Waals surface area contributed by atoms with Gasteiger partial charge in [0.25, 0.3) is 0 Å². The molecule has 2 N–H and O–H groups in total. The minimum atomic E-state index is -0.0573. The minimum Gasteiger partial charge on any atom is -0.439 e. The standard InChI is InChI=1S/C19H23N3O2/c1-13-5-6-16(10-14(13)2)24-18-11-15(7-9-21-18)12-22-19(23)17-4-3-8-20-17/h5-7,9-11,17,20H,3-4,8,12H2,1-2H3,(H,22,23). The van der Waals surface area contributed by atoms with Crippen LogP contribution in [0.4, 0.5) is 0 Å². The van der Waals surface area contributed by atoms with Crippen LogP contribution in [-0.2, 0) is 11.3 Å². The molecule has 2 heterocycles. The lowest BCUT2D eigenvalue weighted by molar-refractivity contribution is -0.122. The summed E-state index contributed by atoms with van der Waals surface area (Å²) < 4.78 is 5.83. The van der Waals surface area contributed by atoms with Gasteiger partial charge in [-0.15, -0.1) is 0 Å². The van der Waals surface area contributed by atoms with Gasteiger partial charge < -0.3 is 15.4 Å². The van der Waals surface area contributed by atoms with Crippen molar-refractivity contribution in [2.45, 2.75) is 39.3 Å². The highest BCUT2D eigenvalue weighted by atomic mass is 16.5. The number of rotatable bonds is 5. The number of pyridine rings is 1. The number of carbonyl (C=O) groups is 1. The maximum atomic E-state index is 12.0. The molecule has 0 saturated carbocycles. The van der Waals surface area contributed by atoms with Gasteiger partial charge in [0.15, 0.2) is 0 Å². The van der Waals surface area contributed by atoms with Crippen LogP contribution in [0.2, 0.25) is 0 Å². The molecule has 1 fully saturated rings. The molecule has 1 aliphatic heterocycles. The molecular formula is C19H23N3O2. The highest BCUT2D eigenvalue weighted by molar-refractivity contribution is 5.81. The number of aromatic nitrogens is 1. The Morgan fingerprint density at radius 1 is 1.29 bits per heavy atom. The number of hydrogen-bond donors (Lipinski definition) is 2. The third-order valence-corrected chi connectivity index (χ3v) is 4.34. The quantitative estimate of drug-likeness (QED) is 0.887. The monoisotopic (exact) mass is 325 g/mol. The summed E-state index contributed by atoms with van der Waals surface area (Å²) in [5.74, 6) is 1.35. The first kappa shape index (κ1) is 16.5. The first-order valence-corrected chi connectivity index (χ1v) is 8.33. The van der Waals surface area contributed by atoms with Gasteiger partial charge in [-0.25, -0.2) is 4.98 Å². The fourth-order valence-electron chi connectivity index (χ4n) is 2.74. The number of hydrogen-bond acceptors (Lipinski definition) is 4. The number of nitrogens with zero attached hydrogens (tertiary/aromatic N) is 1. The second-order valence-corrected chi connectivity index (χ2v) is 6.22. The Bertz CT molecular complexity index is 724. The van der Waals surface area contributed by atoms with Crippen LogP contribution in [0.1, 0.15) is 29.5 Å². The van der Waals surface area contributed by atoms with Gasteiger partial charge >= 0.3 is 0 Å². The Morgan fingerprint density at radius 2 is 2.17 bits per heavy atom. The van der Waals surface area contributed by atoms with Crippen molar-refractivity contribution in [3.8, 4) is 11.6 Å². The van der Waals surface area contributed by atoms with Gasteiger partial charge in [-0.2, -0.15) is 0 Å². The van der Waals surface area contributed by atoms with Crippen molar-refractivity contribution in [2.24, 2.45) is 0 Å². The van der Waals surface area contributed by atoms with E-state index >= 15 is 0 Å². The van der Waals surface area contributed by atoms with E-state index in [1.54, 1.807) is 6.20 Å². The van der Waals surface area contributed by atoms with E-state index in [2.05, 4.69) is 29.5 Å². The Labute approximate surface area is 142 Å². The molecule has 3 rings (SSSR count). The van der Waals surface area contributed by atoms with Crippen LogP contribution in [-0.4, -0.2) is 23.5 Å². The first-order valence-electron chi connectivity index (χ1n) is 8.33. The van der Waals surface area contributed by atoms with Crippen molar-refractivity contribution in [2.75, 3.05) is 6.54 Å². The zero-order chi connectivity index (χ0) is 16.9. The van der Waals surface area contributed by atoms with Crippen molar-refractivity contribution < 1.29 is 9.53 Å². The lowest BCUT2D eigenvalue weighted by Crippen LogP contribution is -2.39. The normalized spacial score (nSPS) is 16.8. The predicted octanol–water partition coefficient (Wildman–Crippen LogP) is 2.86. The molecule has 2 aromatic rings. The largest absolute Gasteiger partial charge is 0.439 e. The Kier molecular flexibility index (Phi) is 5.11. The summed E-state index contributed by atoms with van der Waals surface area (Å²) in [6.45, 7) is 5.52. The molecule has 1 aliphatic rings. The SMILES string of the molecule is Cc1ccc(Oc2cc(CNC(=O)C3CCCN3)ccn2)cc1C. The minimum absolute atomic E-state index is 0.0564. The van der Waals surface area contributed by atoms with Gasteiger partial charge in [-0.3, -0.25) is 4.79 Å². The van der Waals surface area contributed by atoms with Crippen molar-refractivity contribution in [1.82, 2.24) is 15.6 Å². The van der Waals surface area contributed by atoms with E-state index in [-0.39, 0.29) is 11.9 Å². The van der Waals surface area contributed by atoms with E-state index in [0.29, 0.717) is 12.4 Å². The molecule has 0 aliphatic carbocycles. The maximum Gasteiger partial charge on any atom is 0.237 e. The van der Waals surface area contributed by atoms with E-state index < -0.39 is 0 Å². The Hall–Kier alpha value is -2.40. The van der Waals surface area contributed by atoms with Crippen molar-refractivity contribution in [3.63, 3.8) is 0 Å². The van der Waals surface area contributed by atoms with Crippen LogP contribution in [0.25, 0.3) is 0 Å². The number of carbonyl (C=O) groups excluding carboxylic acids is 1. The first-order chi connectivity index (χ1) is 11.6. The number of aryl methyl sites for hydroxylation is 2. The fourth-order valence-corrected chi connectivity index (χ4v) is 2.74. The third-order valence-electron chi connectivity index (χ3n) is 4.34. The molecule has 5 nitrogen and oxygen atoms in total. The predicted molar refractivity (Wildman–Crippen MR) is 93.1 cm³/mol. The molecule has 0 spiro atoms. The van der Waals surface area contributed by atoms with E-state index in [1.165, 1.54) is 11.1 Å². The zero-order valence-corrected chi connectivity index (χ0v) is 14.1. The fraction of sp³-hybridized carbons (Fsp3) is 0.368. The van der Waals surface area contributed by atoms with Gasteiger partial charge in [-0.1, -0.05) is 6.07 Å². The topological polar surface area (TPSA) is 63.2 Å². The summed E-state index contributed by atoms with van der Waals surface area (Å²) in [4.78, 5) is 16.3. The summed E-state index contributed by atoms with van der Waals surface area (Å²) in [6, 6.07) is 9.65. The van der Waals surface area contributed by atoms with Gasteiger partial charge in [-0.05, 0) is 68.1 Å². The molecule has 126 valence electrons. The molecule has 1 saturated heterocycles. The van der Waals surface area contributed by atoms with Gasteiger partial charge in [0, 0.05) is 18.8 Å². The van der Waals surface area contributed by atoms with E-state index in [1.807, 2.05) is 30.3 Å². The lowest BCUT2D eigenvalue weighted by Gasteiger charge is -2.12. The zero-order valence-electron chi connectivity index (χ0n) is 14.1. The molecule has 1 aromatic carbocycles. The third kappa shape index (κ3) is 4.11. The Balaban J connectivity index is 1.61. The van der Waals surface area contributed by atoms with Crippen LogP contribution in [0, 0.1) is 13.8 Å². The molecule has 1 amide bonds. The van der Waals surface area contributed by atoms with E-state index in [4.69, 9.17) is 4.74 Å². The maximum absolute atomic E-state index is 12.0. The average molecular weight is 325 g/mol. The summed E-state index contributed by atoms with van der Waals surface area (Å²) in [5.41, 5.74) is 3.38. The second kappa shape index (κ2) is 7.45. The number of nitrogens with one attached hydrogen (secondary N) is 2.